The fraction of sp³-hybridized carbons (Fsp3) is 0.208. The van der Waals surface area contributed by atoms with Gasteiger partial charge in [0.2, 0.25) is 0 Å². The van der Waals surface area contributed by atoms with Crippen LogP contribution in [0.4, 0.5) is 13.2 Å². The molecule has 32 heavy (non-hydrogen) atoms. The number of carbonyl (C=O) groups is 1. The molecule has 0 radical (unpaired) electrons. The van der Waals surface area contributed by atoms with Gasteiger partial charge in [-0.15, -0.1) is 0 Å². The van der Waals surface area contributed by atoms with E-state index in [1.807, 2.05) is 48.5 Å². The molecule has 3 heterocycles. The van der Waals surface area contributed by atoms with Gasteiger partial charge in [0.25, 0.3) is 5.91 Å². The fourth-order valence-corrected chi connectivity index (χ4v) is 3.59. The largest absolute Gasteiger partial charge is 0.417 e. The lowest BCUT2D eigenvalue weighted by Crippen LogP contribution is -2.34. The molecule has 0 aliphatic rings. The van der Waals surface area contributed by atoms with Gasteiger partial charge in [-0.2, -0.15) is 13.2 Å². The van der Waals surface area contributed by atoms with E-state index >= 15 is 0 Å². The van der Waals surface area contributed by atoms with Crippen LogP contribution in [0, 0.1) is 6.92 Å². The highest BCUT2D eigenvalue weighted by molar-refractivity contribution is 5.94. The van der Waals surface area contributed by atoms with Crippen molar-refractivity contribution in [1.82, 2.24) is 19.3 Å². The number of halogens is 3. The smallest absolute Gasteiger partial charge is 0.333 e. The van der Waals surface area contributed by atoms with Gasteiger partial charge in [0.05, 0.1) is 11.3 Å². The van der Waals surface area contributed by atoms with E-state index in [1.54, 1.807) is 18.0 Å². The number of nitrogens with zero attached hydrogens (tertiary/aromatic N) is 4. The van der Waals surface area contributed by atoms with E-state index in [-0.39, 0.29) is 11.6 Å². The molecule has 0 fully saturated rings. The van der Waals surface area contributed by atoms with Gasteiger partial charge in [0.1, 0.15) is 11.3 Å². The van der Waals surface area contributed by atoms with Crippen LogP contribution in [0.2, 0.25) is 0 Å². The van der Waals surface area contributed by atoms with Crippen molar-refractivity contribution in [2.24, 2.45) is 0 Å². The summed E-state index contributed by atoms with van der Waals surface area (Å²) in [6, 6.07) is 17.3. The minimum absolute atomic E-state index is 0.128. The van der Waals surface area contributed by atoms with E-state index in [9.17, 15) is 18.0 Å². The van der Waals surface area contributed by atoms with Crippen LogP contribution >= 0.6 is 0 Å². The van der Waals surface area contributed by atoms with Crippen LogP contribution in [-0.2, 0) is 19.1 Å². The molecule has 0 spiro atoms. The molecule has 0 aliphatic heterocycles. The van der Waals surface area contributed by atoms with Crippen molar-refractivity contribution in [3.05, 3.63) is 101 Å². The first-order valence-corrected chi connectivity index (χ1v) is 10.1. The van der Waals surface area contributed by atoms with Crippen molar-refractivity contribution in [3.8, 4) is 0 Å². The molecule has 8 heteroatoms. The molecular formula is C24H21F3N4O. The number of aryl methyl sites for hydroxylation is 1. The Bertz CT molecular complexity index is 1220. The van der Waals surface area contributed by atoms with Gasteiger partial charge in [0.15, 0.2) is 0 Å². The van der Waals surface area contributed by atoms with Crippen LogP contribution in [0.3, 0.4) is 0 Å². The van der Waals surface area contributed by atoms with E-state index in [2.05, 4.69) is 9.97 Å². The summed E-state index contributed by atoms with van der Waals surface area (Å²) in [6.45, 7) is 2.31. The number of rotatable bonds is 6. The highest BCUT2D eigenvalue weighted by atomic mass is 19.4. The topological polar surface area (TPSA) is 50.5 Å². The summed E-state index contributed by atoms with van der Waals surface area (Å²) in [4.78, 5) is 23.8. The number of alkyl halides is 3. The van der Waals surface area contributed by atoms with Gasteiger partial charge in [-0.05, 0) is 36.8 Å². The third-order valence-corrected chi connectivity index (χ3v) is 5.19. The van der Waals surface area contributed by atoms with Crippen molar-refractivity contribution in [1.29, 1.82) is 0 Å². The minimum atomic E-state index is -4.52. The van der Waals surface area contributed by atoms with Gasteiger partial charge >= 0.3 is 6.18 Å². The molecule has 0 aliphatic carbocycles. The zero-order valence-electron chi connectivity index (χ0n) is 17.4. The first kappa shape index (κ1) is 21.5. The lowest BCUT2D eigenvalue weighted by molar-refractivity contribution is -0.137. The fourth-order valence-electron chi connectivity index (χ4n) is 3.59. The first-order valence-electron chi connectivity index (χ1n) is 10.1. The molecule has 0 bridgehead atoms. The van der Waals surface area contributed by atoms with Crippen LogP contribution < -0.4 is 0 Å². The summed E-state index contributed by atoms with van der Waals surface area (Å²) in [6.07, 6.45) is -1.38. The third-order valence-electron chi connectivity index (χ3n) is 5.19. The predicted molar refractivity (Wildman–Crippen MR) is 114 cm³/mol. The molecule has 0 saturated heterocycles. The number of amides is 1. The number of aromatic nitrogens is 3. The molecular weight excluding hydrogens is 417 g/mol. The van der Waals surface area contributed by atoms with Crippen molar-refractivity contribution in [3.63, 3.8) is 0 Å². The molecule has 0 unspecified atom stereocenters. The second-order valence-corrected chi connectivity index (χ2v) is 7.47. The first-order chi connectivity index (χ1) is 15.3. The Morgan fingerprint density at radius 1 is 1.03 bits per heavy atom. The molecule has 1 aromatic carbocycles. The lowest BCUT2D eigenvalue weighted by Gasteiger charge is -2.23. The van der Waals surface area contributed by atoms with E-state index in [4.69, 9.17) is 0 Å². The number of hydrogen-bond donors (Lipinski definition) is 0. The number of hydrogen-bond acceptors (Lipinski definition) is 3. The predicted octanol–water partition coefficient (Wildman–Crippen LogP) is 4.94. The van der Waals surface area contributed by atoms with E-state index in [0.29, 0.717) is 30.9 Å². The Morgan fingerprint density at radius 2 is 1.78 bits per heavy atom. The normalized spacial score (nSPS) is 11.6. The van der Waals surface area contributed by atoms with Gasteiger partial charge in [-0.3, -0.25) is 14.2 Å². The van der Waals surface area contributed by atoms with Crippen molar-refractivity contribution < 1.29 is 18.0 Å². The zero-order valence-corrected chi connectivity index (χ0v) is 17.4. The summed E-state index contributed by atoms with van der Waals surface area (Å²) in [7, 11) is 0. The van der Waals surface area contributed by atoms with Gasteiger partial charge in [-0.25, -0.2) is 4.98 Å². The summed E-state index contributed by atoms with van der Waals surface area (Å²) < 4.78 is 41.1. The quantitative estimate of drug-likeness (QED) is 0.428. The Hall–Kier alpha value is -3.68. The molecule has 5 nitrogen and oxygen atoms in total. The van der Waals surface area contributed by atoms with Gasteiger partial charge in [0, 0.05) is 37.6 Å². The average molecular weight is 438 g/mol. The maximum absolute atomic E-state index is 13.6. The summed E-state index contributed by atoms with van der Waals surface area (Å²) in [5.74, 6) is -0.380. The second kappa shape index (κ2) is 8.82. The molecule has 0 saturated carbocycles. The number of benzene rings is 1. The maximum atomic E-state index is 13.6. The third kappa shape index (κ3) is 4.64. The van der Waals surface area contributed by atoms with E-state index in [0.717, 1.165) is 23.5 Å². The van der Waals surface area contributed by atoms with Gasteiger partial charge < -0.3 is 4.90 Å². The van der Waals surface area contributed by atoms with Crippen LogP contribution in [-0.4, -0.2) is 31.7 Å². The summed E-state index contributed by atoms with van der Waals surface area (Å²) in [5, 5.41) is 0. The second-order valence-electron chi connectivity index (χ2n) is 7.47. The Kier molecular flexibility index (Phi) is 5.94. The van der Waals surface area contributed by atoms with Crippen molar-refractivity contribution >= 4 is 11.6 Å². The molecule has 1 amide bonds. The number of imidazole rings is 1. The Labute approximate surface area is 183 Å². The molecule has 0 atom stereocenters. The number of carbonyl (C=O) groups excluding carboxylic acids is 1. The molecule has 0 N–H and O–H groups in total. The standard InChI is InChI=1S/C24H21F3N4O/c1-17-22(31-16-19(24(25,26)27)10-11-21(31)29-17)23(32)30(15-18-7-3-2-4-8-18)14-12-20-9-5-6-13-28-20/h2-11,13,16H,12,14-15H2,1H3. The molecule has 4 aromatic rings. The van der Waals surface area contributed by atoms with Gasteiger partial charge in [-0.1, -0.05) is 36.4 Å². The van der Waals surface area contributed by atoms with Crippen LogP contribution in [0.25, 0.3) is 5.65 Å². The highest BCUT2D eigenvalue weighted by Gasteiger charge is 2.32. The Balaban J connectivity index is 1.70. The maximum Gasteiger partial charge on any atom is 0.417 e. The van der Waals surface area contributed by atoms with E-state index in [1.165, 1.54) is 10.5 Å². The average Bonchev–Trinajstić information content (AvgIpc) is 3.12. The minimum Gasteiger partial charge on any atom is -0.333 e. The van der Waals surface area contributed by atoms with Crippen LogP contribution in [0.15, 0.2) is 73.1 Å². The Morgan fingerprint density at radius 3 is 2.47 bits per heavy atom. The van der Waals surface area contributed by atoms with Crippen molar-refractivity contribution in [2.75, 3.05) is 6.54 Å². The monoisotopic (exact) mass is 438 g/mol. The van der Waals surface area contributed by atoms with Crippen LogP contribution in [0.5, 0.6) is 0 Å². The summed E-state index contributed by atoms with van der Waals surface area (Å²) >= 11 is 0. The number of fused-ring (bicyclic) bond motifs is 1. The highest BCUT2D eigenvalue weighted by Crippen LogP contribution is 2.30. The van der Waals surface area contributed by atoms with Crippen LogP contribution in [0.1, 0.15) is 33.0 Å². The SMILES string of the molecule is Cc1nc2ccc(C(F)(F)F)cn2c1C(=O)N(CCc1ccccn1)Cc1ccccc1. The molecule has 164 valence electrons. The molecule has 4 rings (SSSR count). The zero-order chi connectivity index (χ0) is 22.7. The van der Waals surface area contributed by atoms with E-state index < -0.39 is 11.7 Å². The number of pyridine rings is 2. The molecule has 3 aromatic heterocycles. The summed E-state index contributed by atoms with van der Waals surface area (Å²) in [5.41, 5.74) is 1.72. The van der Waals surface area contributed by atoms with Crippen molar-refractivity contribution in [2.45, 2.75) is 26.1 Å². The lowest BCUT2D eigenvalue weighted by atomic mass is 10.1.